The Morgan fingerprint density at radius 3 is 2.56 bits per heavy atom. The van der Waals surface area contributed by atoms with Gasteiger partial charge in [-0.1, -0.05) is 0 Å². The first-order valence-corrected chi connectivity index (χ1v) is 13.3. The van der Waals surface area contributed by atoms with E-state index in [4.69, 9.17) is 4.74 Å². The predicted octanol–water partition coefficient (Wildman–Crippen LogP) is 4.16. The highest BCUT2D eigenvalue weighted by Crippen LogP contribution is 2.32. The highest BCUT2D eigenvalue weighted by Gasteiger charge is 2.32. The van der Waals surface area contributed by atoms with Gasteiger partial charge in [-0.15, -0.1) is 0 Å². The molecule has 0 unspecified atom stereocenters. The summed E-state index contributed by atoms with van der Waals surface area (Å²) in [4.78, 5) is 14.6. The van der Waals surface area contributed by atoms with Gasteiger partial charge in [-0.2, -0.15) is 31.7 Å². The van der Waals surface area contributed by atoms with Crippen molar-refractivity contribution in [1.29, 1.82) is 0 Å². The second-order valence-corrected chi connectivity index (χ2v) is 10.8. The molecule has 1 aliphatic heterocycles. The van der Waals surface area contributed by atoms with Crippen LogP contribution in [0.3, 0.4) is 0 Å². The van der Waals surface area contributed by atoms with Crippen LogP contribution in [0.4, 0.5) is 23.2 Å². The lowest BCUT2D eigenvalue weighted by Gasteiger charge is -2.29. The second-order valence-electron chi connectivity index (χ2n) is 9.19. The molecule has 39 heavy (non-hydrogen) atoms. The number of aromatic amines is 1. The minimum absolute atomic E-state index is 0.0700. The minimum Gasteiger partial charge on any atom is -0.474 e. The second kappa shape index (κ2) is 10.0. The topological polar surface area (TPSA) is 126 Å². The number of alkyl halides is 3. The molecular weight excluding hydrogens is 542 g/mol. The fourth-order valence-corrected chi connectivity index (χ4v) is 5.22. The molecular formula is C24H23F4N7O3S. The van der Waals surface area contributed by atoms with Gasteiger partial charge < -0.3 is 9.64 Å². The predicted molar refractivity (Wildman–Crippen MR) is 133 cm³/mol. The van der Waals surface area contributed by atoms with Crippen LogP contribution in [0.15, 0.2) is 41.6 Å². The van der Waals surface area contributed by atoms with E-state index < -0.39 is 38.3 Å². The molecule has 0 radical (unpaired) electrons. The number of piperidine rings is 1. The number of anilines is 1. The van der Waals surface area contributed by atoms with Crippen molar-refractivity contribution >= 4 is 26.7 Å². The third-order valence-corrected chi connectivity index (χ3v) is 7.58. The van der Waals surface area contributed by atoms with Crippen molar-refractivity contribution in [3.63, 3.8) is 0 Å². The van der Waals surface area contributed by atoms with Gasteiger partial charge in [0.05, 0.1) is 16.9 Å². The van der Waals surface area contributed by atoms with E-state index >= 15 is 4.39 Å². The number of halogens is 4. The first-order valence-electron chi connectivity index (χ1n) is 11.8. The summed E-state index contributed by atoms with van der Waals surface area (Å²) in [6.45, 7) is 3.52. The van der Waals surface area contributed by atoms with E-state index in [1.54, 1.807) is 6.92 Å². The van der Waals surface area contributed by atoms with E-state index in [1.807, 2.05) is 11.8 Å². The number of aryl methyl sites for hydroxylation is 1. The van der Waals surface area contributed by atoms with E-state index in [0.717, 1.165) is 38.1 Å². The number of hydrogen-bond acceptors (Lipinski definition) is 8. The van der Waals surface area contributed by atoms with Gasteiger partial charge in [0.1, 0.15) is 17.3 Å². The number of ether oxygens (including phenoxy) is 1. The maximum absolute atomic E-state index is 15.0. The number of benzene rings is 1. The summed E-state index contributed by atoms with van der Waals surface area (Å²) in [6, 6.07) is 4.53. The van der Waals surface area contributed by atoms with Crippen molar-refractivity contribution in [3.8, 4) is 17.3 Å². The van der Waals surface area contributed by atoms with Gasteiger partial charge in [-0.25, -0.2) is 14.4 Å². The molecule has 206 valence electrons. The molecule has 4 aromatic rings. The zero-order valence-electron chi connectivity index (χ0n) is 20.8. The van der Waals surface area contributed by atoms with Crippen molar-refractivity contribution in [2.45, 2.75) is 37.1 Å². The van der Waals surface area contributed by atoms with E-state index in [9.17, 15) is 21.6 Å². The smallest absolute Gasteiger partial charge is 0.416 e. The lowest BCUT2D eigenvalue weighted by Crippen LogP contribution is -2.35. The number of likely N-dealkylation sites (tertiary alicyclic amines) is 1. The van der Waals surface area contributed by atoms with Gasteiger partial charge in [-0.05, 0) is 57.1 Å². The number of rotatable bonds is 6. The monoisotopic (exact) mass is 565 g/mol. The van der Waals surface area contributed by atoms with Gasteiger partial charge >= 0.3 is 6.18 Å². The number of pyridine rings is 1. The maximum atomic E-state index is 15.0. The molecule has 0 atom stereocenters. The van der Waals surface area contributed by atoms with Crippen molar-refractivity contribution < 1.29 is 30.7 Å². The van der Waals surface area contributed by atoms with Crippen LogP contribution in [-0.4, -0.2) is 64.7 Å². The van der Waals surface area contributed by atoms with Gasteiger partial charge in [-0.3, -0.25) is 9.82 Å². The van der Waals surface area contributed by atoms with Crippen molar-refractivity contribution in [2.24, 2.45) is 0 Å². The van der Waals surface area contributed by atoms with Crippen molar-refractivity contribution in [1.82, 2.24) is 30.0 Å². The van der Waals surface area contributed by atoms with Gasteiger partial charge in [0, 0.05) is 24.8 Å². The highest BCUT2D eigenvalue weighted by molar-refractivity contribution is 7.92. The average molecular weight is 566 g/mol. The summed E-state index contributed by atoms with van der Waals surface area (Å²) in [5.74, 6) is -0.580. The first kappa shape index (κ1) is 26.7. The molecule has 0 aliphatic carbocycles. The molecule has 0 amide bonds. The average Bonchev–Trinajstić information content (AvgIpc) is 3.27. The number of nitrogens with zero attached hydrogens (tertiary/aromatic N) is 5. The first-order chi connectivity index (χ1) is 18.4. The molecule has 0 bridgehead atoms. The molecule has 10 nitrogen and oxygen atoms in total. The molecule has 2 N–H and O–H groups in total. The molecule has 0 saturated carbocycles. The minimum atomic E-state index is -4.77. The molecule has 15 heteroatoms. The summed E-state index contributed by atoms with van der Waals surface area (Å²) in [6.07, 6.45) is -2.52. The summed E-state index contributed by atoms with van der Waals surface area (Å²) in [5, 5.41) is 6.69. The van der Waals surface area contributed by atoms with E-state index in [-0.39, 0.29) is 17.5 Å². The number of H-pyrrole nitrogens is 1. The van der Waals surface area contributed by atoms with Crippen LogP contribution in [-0.2, 0) is 16.2 Å². The number of aromatic nitrogens is 5. The maximum Gasteiger partial charge on any atom is 0.416 e. The summed E-state index contributed by atoms with van der Waals surface area (Å²) in [5.41, 5.74) is -0.442. The zero-order chi connectivity index (χ0) is 27.9. The molecule has 0 spiro atoms. The lowest BCUT2D eigenvalue weighted by atomic mass is 10.1. The Morgan fingerprint density at radius 1 is 1.13 bits per heavy atom. The van der Waals surface area contributed by atoms with Crippen LogP contribution in [0.1, 0.15) is 24.1 Å². The van der Waals surface area contributed by atoms with Gasteiger partial charge in [0.2, 0.25) is 5.88 Å². The fourth-order valence-electron chi connectivity index (χ4n) is 4.18. The van der Waals surface area contributed by atoms with Crippen LogP contribution in [0.5, 0.6) is 5.88 Å². The lowest BCUT2D eigenvalue weighted by molar-refractivity contribution is -0.137. The number of fused-ring (bicyclic) bond motifs is 1. The van der Waals surface area contributed by atoms with E-state index in [2.05, 4.69) is 30.0 Å². The molecule has 5 rings (SSSR count). The quantitative estimate of drug-likeness (QED) is 0.334. The van der Waals surface area contributed by atoms with Gasteiger partial charge in [0.15, 0.2) is 16.5 Å². The Labute approximate surface area is 220 Å². The number of nitrogens with one attached hydrogen (secondary N) is 2. The SMILES string of the molecule is Cc1n[nH]c2nc(-c3ccc(NS(=O)(=O)c4cc(C(F)(F)F)ccn4)c(F)c3)nc(OC3CCN(C)CC3)c12. The third kappa shape index (κ3) is 5.63. The molecule has 3 aromatic heterocycles. The van der Waals surface area contributed by atoms with Crippen LogP contribution >= 0.6 is 0 Å². The Kier molecular flexibility index (Phi) is 6.88. The number of sulfonamides is 1. The Hall–Kier alpha value is -3.85. The van der Waals surface area contributed by atoms with E-state index in [0.29, 0.717) is 40.9 Å². The van der Waals surface area contributed by atoms with Crippen LogP contribution in [0.25, 0.3) is 22.4 Å². The van der Waals surface area contributed by atoms with Crippen molar-refractivity contribution in [3.05, 3.63) is 53.6 Å². The third-order valence-electron chi connectivity index (χ3n) is 6.32. The zero-order valence-corrected chi connectivity index (χ0v) is 21.6. The van der Waals surface area contributed by atoms with Crippen LogP contribution in [0, 0.1) is 12.7 Å². The summed E-state index contributed by atoms with van der Waals surface area (Å²) in [7, 11) is -2.58. The van der Waals surface area contributed by atoms with E-state index in [1.165, 1.54) is 6.07 Å². The standard InChI is InChI=1S/C24H23F4N7O3S/c1-13-20-22(33-32-13)30-21(31-23(20)38-16-6-9-35(2)10-7-16)14-3-4-18(17(25)11-14)34-39(36,37)19-12-15(5-8-29-19)24(26,27)28/h3-5,8,11-12,16,34H,6-7,9-10H2,1-2H3,(H,30,31,32,33). The Morgan fingerprint density at radius 2 is 1.87 bits per heavy atom. The molecule has 1 saturated heterocycles. The largest absolute Gasteiger partial charge is 0.474 e. The summed E-state index contributed by atoms with van der Waals surface area (Å²) < 4.78 is 87.4. The molecule has 1 aliphatic rings. The Balaban J connectivity index is 1.44. The number of hydrogen-bond donors (Lipinski definition) is 2. The normalized spacial score (nSPS) is 15.5. The van der Waals surface area contributed by atoms with Crippen LogP contribution in [0.2, 0.25) is 0 Å². The van der Waals surface area contributed by atoms with Crippen molar-refractivity contribution in [2.75, 3.05) is 24.9 Å². The van der Waals surface area contributed by atoms with Gasteiger partial charge in [0.25, 0.3) is 10.0 Å². The Bertz CT molecular complexity index is 1630. The summed E-state index contributed by atoms with van der Waals surface area (Å²) >= 11 is 0. The molecule has 1 aromatic carbocycles. The highest BCUT2D eigenvalue weighted by atomic mass is 32.2. The van der Waals surface area contributed by atoms with Crippen LogP contribution < -0.4 is 9.46 Å². The molecule has 1 fully saturated rings. The fraction of sp³-hybridized carbons (Fsp3) is 0.333. The molecule has 4 heterocycles.